The van der Waals surface area contributed by atoms with Gasteiger partial charge in [0.25, 0.3) is 0 Å². The van der Waals surface area contributed by atoms with Gasteiger partial charge in [0.2, 0.25) is 11.6 Å². The zero-order chi connectivity index (χ0) is 18.1. The quantitative estimate of drug-likeness (QED) is 0.292. The second-order valence-electron chi connectivity index (χ2n) is 5.20. The number of unbranched alkanes of at least 4 members (excludes halogenated alkanes) is 1. The summed E-state index contributed by atoms with van der Waals surface area (Å²) < 4.78 is 5.60. The third-order valence-corrected chi connectivity index (χ3v) is 3.30. The Labute approximate surface area is 146 Å². The summed E-state index contributed by atoms with van der Waals surface area (Å²) in [6, 6.07) is 7.18. The lowest BCUT2D eigenvalue weighted by atomic mass is 10.3. The van der Waals surface area contributed by atoms with Crippen molar-refractivity contribution in [2.45, 2.75) is 19.8 Å². The topological polar surface area (TPSA) is 102 Å². The van der Waals surface area contributed by atoms with Crippen molar-refractivity contribution in [2.24, 2.45) is 0 Å². The van der Waals surface area contributed by atoms with E-state index in [1.807, 2.05) is 12.1 Å². The van der Waals surface area contributed by atoms with Gasteiger partial charge in [-0.3, -0.25) is 10.1 Å². The fourth-order valence-corrected chi connectivity index (χ4v) is 2.05. The van der Waals surface area contributed by atoms with E-state index in [0.29, 0.717) is 18.8 Å². The van der Waals surface area contributed by atoms with Gasteiger partial charge in [0.1, 0.15) is 12.1 Å². The Morgan fingerprint density at radius 3 is 2.64 bits per heavy atom. The minimum absolute atomic E-state index is 0.117. The first-order valence-corrected chi connectivity index (χ1v) is 7.99. The maximum absolute atomic E-state index is 11.4. The Bertz CT molecular complexity index is 719. The molecular weight excluding hydrogens is 322 g/mol. The monoisotopic (exact) mass is 343 g/mol. The molecule has 0 aliphatic carbocycles. The SMILES string of the molecule is C=CCNc1ncnc(Nc2ccc(OCCCC)cc2)c1[N+](=O)[O-]. The maximum atomic E-state index is 11.4. The van der Waals surface area contributed by atoms with Crippen LogP contribution in [0.4, 0.5) is 23.0 Å². The van der Waals surface area contributed by atoms with E-state index < -0.39 is 4.92 Å². The Morgan fingerprint density at radius 1 is 1.28 bits per heavy atom. The third-order valence-electron chi connectivity index (χ3n) is 3.30. The molecule has 25 heavy (non-hydrogen) atoms. The van der Waals surface area contributed by atoms with Crippen LogP contribution in [0.15, 0.2) is 43.2 Å². The van der Waals surface area contributed by atoms with Crippen molar-refractivity contribution in [1.82, 2.24) is 9.97 Å². The van der Waals surface area contributed by atoms with Crippen LogP contribution in [0.5, 0.6) is 5.75 Å². The molecule has 1 aromatic carbocycles. The van der Waals surface area contributed by atoms with Gasteiger partial charge < -0.3 is 15.4 Å². The lowest BCUT2D eigenvalue weighted by Gasteiger charge is -2.10. The average molecular weight is 343 g/mol. The Kier molecular flexibility index (Phi) is 6.70. The third kappa shape index (κ3) is 5.17. The van der Waals surface area contributed by atoms with Crippen LogP contribution >= 0.6 is 0 Å². The Hall–Kier alpha value is -3.16. The molecule has 0 aliphatic heterocycles. The number of nitrogens with zero attached hydrogens (tertiary/aromatic N) is 3. The number of aromatic nitrogens is 2. The molecule has 0 fully saturated rings. The first-order valence-electron chi connectivity index (χ1n) is 7.99. The van der Waals surface area contributed by atoms with Crippen molar-refractivity contribution in [3.63, 3.8) is 0 Å². The highest BCUT2D eigenvalue weighted by molar-refractivity contribution is 5.73. The van der Waals surface area contributed by atoms with E-state index in [4.69, 9.17) is 4.74 Å². The zero-order valence-corrected chi connectivity index (χ0v) is 14.1. The van der Waals surface area contributed by atoms with Gasteiger partial charge in [-0.1, -0.05) is 19.4 Å². The fraction of sp³-hybridized carbons (Fsp3) is 0.294. The lowest BCUT2D eigenvalue weighted by molar-refractivity contribution is -0.383. The molecule has 0 radical (unpaired) electrons. The normalized spacial score (nSPS) is 10.1. The number of ether oxygens (including phenoxy) is 1. The predicted molar refractivity (Wildman–Crippen MR) is 97.5 cm³/mol. The van der Waals surface area contributed by atoms with E-state index >= 15 is 0 Å². The molecule has 8 nitrogen and oxygen atoms in total. The van der Waals surface area contributed by atoms with Gasteiger partial charge in [0.15, 0.2) is 0 Å². The molecule has 2 aromatic rings. The van der Waals surface area contributed by atoms with Gasteiger partial charge in [-0.05, 0) is 30.7 Å². The molecule has 0 saturated carbocycles. The molecule has 0 bridgehead atoms. The largest absolute Gasteiger partial charge is 0.494 e. The summed E-state index contributed by atoms with van der Waals surface area (Å²) in [6.07, 6.45) is 4.92. The number of hydrogen-bond donors (Lipinski definition) is 2. The highest BCUT2D eigenvalue weighted by Gasteiger charge is 2.22. The number of nitrogens with one attached hydrogen (secondary N) is 2. The first-order chi connectivity index (χ1) is 12.2. The summed E-state index contributed by atoms with van der Waals surface area (Å²) in [7, 11) is 0. The van der Waals surface area contributed by atoms with Crippen molar-refractivity contribution in [3.05, 3.63) is 53.4 Å². The van der Waals surface area contributed by atoms with Crippen LogP contribution in [0, 0.1) is 10.1 Å². The molecule has 1 heterocycles. The smallest absolute Gasteiger partial charge is 0.353 e. The summed E-state index contributed by atoms with van der Waals surface area (Å²) >= 11 is 0. The average Bonchev–Trinajstić information content (AvgIpc) is 2.61. The Morgan fingerprint density at radius 2 is 2.00 bits per heavy atom. The molecule has 0 amide bonds. The van der Waals surface area contributed by atoms with Gasteiger partial charge >= 0.3 is 5.69 Å². The van der Waals surface area contributed by atoms with E-state index in [1.165, 1.54) is 6.33 Å². The summed E-state index contributed by atoms with van der Waals surface area (Å²) in [5.41, 5.74) is 0.451. The highest BCUT2D eigenvalue weighted by atomic mass is 16.6. The van der Waals surface area contributed by atoms with Crippen LogP contribution in [0.25, 0.3) is 0 Å². The fourth-order valence-electron chi connectivity index (χ4n) is 2.05. The second kappa shape index (κ2) is 9.21. The van der Waals surface area contributed by atoms with Gasteiger partial charge in [0, 0.05) is 12.2 Å². The molecule has 8 heteroatoms. The molecule has 0 saturated heterocycles. The number of nitro groups is 1. The molecule has 0 spiro atoms. The molecule has 0 atom stereocenters. The Balaban J connectivity index is 2.16. The standard InChI is InChI=1S/C17H21N5O3/c1-3-5-11-25-14-8-6-13(7-9-14)21-17-15(22(23)24)16(18-10-4-2)19-12-20-17/h4,6-9,12H,2-3,5,10-11H2,1H3,(H2,18,19,20,21). The van der Waals surface area contributed by atoms with Crippen molar-refractivity contribution >= 4 is 23.0 Å². The van der Waals surface area contributed by atoms with Crippen LogP contribution in [0.3, 0.4) is 0 Å². The lowest BCUT2D eigenvalue weighted by Crippen LogP contribution is -2.08. The van der Waals surface area contributed by atoms with E-state index in [0.717, 1.165) is 18.6 Å². The van der Waals surface area contributed by atoms with Crippen molar-refractivity contribution in [1.29, 1.82) is 0 Å². The molecule has 1 aromatic heterocycles. The van der Waals surface area contributed by atoms with Gasteiger partial charge in [-0.2, -0.15) is 0 Å². The minimum Gasteiger partial charge on any atom is -0.494 e. The maximum Gasteiger partial charge on any atom is 0.353 e. The summed E-state index contributed by atoms with van der Waals surface area (Å²) in [6.45, 7) is 6.70. The van der Waals surface area contributed by atoms with Crippen LogP contribution in [0.1, 0.15) is 19.8 Å². The van der Waals surface area contributed by atoms with Crippen LogP contribution in [0.2, 0.25) is 0 Å². The van der Waals surface area contributed by atoms with Crippen molar-refractivity contribution < 1.29 is 9.66 Å². The molecule has 0 aliphatic rings. The number of hydrogen-bond acceptors (Lipinski definition) is 7. The number of anilines is 3. The van der Waals surface area contributed by atoms with Gasteiger partial charge in [-0.25, -0.2) is 9.97 Å². The van der Waals surface area contributed by atoms with Crippen molar-refractivity contribution in [2.75, 3.05) is 23.8 Å². The molecular formula is C17H21N5O3. The van der Waals surface area contributed by atoms with Gasteiger partial charge in [-0.15, -0.1) is 6.58 Å². The molecule has 2 N–H and O–H groups in total. The summed E-state index contributed by atoms with van der Waals surface area (Å²) in [5, 5.41) is 17.2. The molecule has 0 unspecified atom stereocenters. The van der Waals surface area contributed by atoms with E-state index in [9.17, 15) is 10.1 Å². The van der Waals surface area contributed by atoms with Crippen LogP contribution < -0.4 is 15.4 Å². The number of rotatable bonds is 10. The first kappa shape index (κ1) is 18.2. The second-order valence-corrected chi connectivity index (χ2v) is 5.20. The zero-order valence-electron chi connectivity index (χ0n) is 14.1. The van der Waals surface area contributed by atoms with Crippen LogP contribution in [-0.2, 0) is 0 Å². The summed E-state index contributed by atoms with van der Waals surface area (Å²) in [4.78, 5) is 18.8. The minimum atomic E-state index is -0.518. The van der Waals surface area contributed by atoms with Crippen molar-refractivity contribution in [3.8, 4) is 5.75 Å². The number of benzene rings is 1. The van der Waals surface area contributed by atoms with E-state index in [1.54, 1.807) is 18.2 Å². The molecule has 132 valence electrons. The molecule has 2 rings (SSSR count). The summed E-state index contributed by atoms with van der Waals surface area (Å²) in [5.74, 6) is 1.01. The highest BCUT2D eigenvalue weighted by Crippen LogP contribution is 2.31. The van der Waals surface area contributed by atoms with E-state index in [2.05, 4.69) is 34.1 Å². The van der Waals surface area contributed by atoms with E-state index in [-0.39, 0.29) is 17.3 Å². The van der Waals surface area contributed by atoms with Crippen LogP contribution in [-0.4, -0.2) is 28.0 Å². The predicted octanol–water partition coefficient (Wildman–Crippen LogP) is 3.91. The van der Waals surface area contributed by atoms with Gasteiger partial charge in [0.05, 0.1) is 11.5 Å².